The second kappa shape index (κ2) is 12.6. The largest absolute Gasteiger partial charge is 0.378 e. The topological polar surface area (TPSA) is 100 Å². The first kappa shape index (κ1) is 30.1. The number of piperazine rings is 1. The molecule has 43 heavy (non-hydrogen) atoms. The van der Waals surface area contributed by atoms with Gasteiger partial charge in [-0.2, -0.15) is 5.10 Å². The zero-order valence-corrected chi connectivity index (χ0v) is 26.4. The second-order valence-corrected chi connectivity index (χ2v) is 12.9. The maximum Gasteiger partial charge on any atom is 0.321 e. The Morgan fingerprint density at radius 3 is 2.30 bits per heavy atom. The van der Waals surface area contributed by atoms with Crippen molar-refractivity contribution in [2.24, 2.45) is 13.0 Å². The maximum atomic E-state index is 14.7. The average molecular weight is 646 g/mol. The molecule has 0 bridgehead atoms. The molecule has 3 amide bonds. The summed E-state index contributed by atoms with van der Waals surface area (Å²) in [6.07, 6.45) is 0. The van der Waals surface area contributed by atoms with Crippen LogP contribution in [0.5, 0.6) is 0 Å². The highest BCUT2D eigenvalue weighted by Crippen LogP contribution is 2.54. The van der Waals surface area contributed by atoms with Gasteiger partial charge in [-0.3, -0.25) is 14.3 Å². The number of urea groups is 1. The van der Waals surface area contributed by atoms with E-state index in [1.54, 1.807) is 44.6 Å². The molecule has 13 heteroatoms. The van der Waals surface area contributed by atoms with Crippen LogP contribution in [0.4, 0.5) is 4.79 Å². The van der Waals surface area contributed by atoms with E-state index in [1.807, 2.05) is 30.5 Å². The predicted octanol–water partition coefficient (Wildman–Crippen LogP) is 3.99. The lowest BCUT2D eigenvalue weighted by molar-refractivity contribution is -0.136. The van der Waals surface area contributed by atoms with Crippen LogP contribution < -0.4 is 5.32 Å². The van der Waals surface area contributed by atoms with Gasteiger partial charge in [0.25, 0.3) is 0 Å². The van der Waals surface area contributed by atoms with E-state index in [0.717, 1.165) is 5.56 Å². The molecule has 4 atom stereocenters. The van der Waals surface area contributed by atoms with Crippen molar-refractivity contribution in [3.63, 3.8) is 0 Å². The van der Waals surface area contributed by atoms with E-state index < -0.39 is 23.9 Å². The molecule has 0 radical (unpaired) electrons. The number of hydrogen-bond donors (Lipinski definition) is 1. The summed E-state index contributed by atoms with van der Waals surface area (Å²) in [6, 6.07) is 8.74. The number of carbonyl (C=O) groups excluding carboxylic acids is 3. The molecule has 228 valence electrons. The Labute approximate surface area is 264 Å². The van der Waals surface area contributed by atoms with Crippen LogP contribution in [0.15, 0.2) is 41.8 Å². The fourth-order valence-electron chi connectivity index (χ4n) is 6.68. The van der Waals surface area contributed by atoms with Crippen molar-refractivity contribution in [1.82, 2.24) is 29.8 Å². The van der Waals surface area contributed by atoms with Crippen molar-refractivity contribution in [1.29, 1.82) is 0 Å². The Morgan fingerprint density at radius 1 is 1.00 bits per heavy atom. The molecule has 10 nitrogen and oxygen atoms in total. The van der Waals surface area contributed by atoms with E-state index in [9.17, 15) is 14.4 Å². The fourth-order valence-corrected chi connectivity index (χ4v) is 7.80. The third kappa shape index (κ3) is 5.57. The zero-order valence-electron chi connectivity index (χ0n) is 24.0. The van der Waals surface area contributed by atoms with Crippen LogP contribution in [-0.2, 0) is 16.6 Å². The van der Waals surface area contributed by atoms with Gasteiger partial charge in [-0.1, -0.05) is 41.4 Å². The number of Topliss-reactive ketones (excluding diaryl/α,β-unsaturated/α-hetero) is 1. The lowest BCUT2D eigenvalue weighted by Gasteiger charge is -2.39. The van der Waals surface area contributed by atoms with Gasteiger partial charge in [0.1, 0.15) is 11.2 Å². The number of likely N-dealkylation sites (tertiary alicyclic amines) is 1. The Balaban J connectivity index is 1.60. The number of ether oxygens (including phenoxy) is 1. The van der Waals surface area contributed by atoms with Crippen molar-refractivity contribution in [3.8, 4) is 0 Å². The van der Waals surface area contributed by atoms with Gasteiger partial charge < -0.3 is 24.8 Å². The Hall–Kier alpha value is -2.96. The first-order valence-electron chi connectivity index (χ1n) is 14.4. The van der Waals surface area contributed by atoms with Crippen LogP contribution in [0.2, 0.25) is 10.2 Å². The Bertz CT molecular complexity index is 1480. The summed E-state index contributed by atoms with van der Waals surface area (Å²) in [5, 5.41) is 10.6. The van der Waals surface area contributed by atoms with Crippen molar-refractivity contribution in [2.75, 3.05) is 52.5 Å². The lowest BCUT2D eigenvalue weighted by atomic mass is 9.77. The molecule has 0 saturated carbocycles. The zero-order chi connectivity index (χ0) is 30.2. The van der Waals surface area contributed by atoms with E-state index in [1.165, 1.54) is 11.3 Å². The van der Waals surface area contributed by atoms with Crippen molar-refractivity contribution in [2.45, 2.75) is 24.9 Å². The summed E-state index contributed by atoms with van der Waals surface area (Å²) < 4.78 is 7.11. The minimum absolute atomic E-state index is 0.144. The minimum atomic E-state index is -0.968. The highest BCUT2D eigenvalue weighted by molar-refractivity contribution is 7.12. The molecule has 6 rings (SSSR count). The van der Waals surface area contributed by atoms with E-state index >= 15 is 0 Å². The molecule has 5 heterocycles. The van der Waals surface area contributed by atoms with Gasteiger partial charge in [0, 0.05) is 62.8 Å². The number of amides is 3. The number of aryl methyl sites for hydroxylation is 2. The van der Waals surface area contributed by atoms with Crippen LogP contribution in [0.3, 0.4) is 0 Å². The van der Waals surface area contributed by atoms with Gasteiger partial charge in [-0.05, 0) is 36.1 Å². The van der Waals surface area contributed by atoms with Crippen molar-refractivity contribution < 1.29 is 19.1 Å². The molecule has 1 aromatic carbocycles. The summed E-state index contributed by atoms with van der Waals surface area (Å²) in [5.41, 5.74) is 1.94. The number of hydrogen-bond acceptors (Lipinski definition) is 7. The third-order valence-electron chi connectivity index (χ3n) is 8.66. The summed E-state index contributed by atoms with van der Waals surface area (Å²) in [5.74, 6) is -1.82. The lowest BCUT2D eigenvalue weighted by Crippen LogP contribution is -2.57. The highest BCUT2D eigenvalue weighted by Gasteiger charge is 2.60. The Kier molecular flexibility index (Phi) is 8.79. The fraction of sp³-hybridized carbons (Fsp3) is 0.467. The van der Waals surface area contributed by atoms with Crippen LogP contribution in [0.25, 0.3) is 0 Å². The van der Waals surface area contributed by atoms with E-state index in [0.29, 0.717) is 78.8 Å². The Morgan fingerprint density at radius 2 is 1.70 bits per heavy atom. The molecule has 2 aromatic heterocycles. The number of nitrogens with one attached hydrogen (secondary N) is 1. The first-order chi connectivity index (χ1) is 20.8. The van der Waals surface area contributed by atoms with Gasteiger partial charge in [0.15, 0.2) is 5.78 Å². The minimum Gasteiger partial charge on any atom is -0.378 e. The molecule has 0 spiro atoms. The molecule has 3 aliphatic heterocycles. The van der Waals surface area contributed by atoms with Gasteiger partial charge in [-0.25, -0.2) is 4.79 Å². The SMILES string of the molecule is Cc1nn(C)c(Cl)c1C1C(C(=O)c2cccs2)C(c2ccc(Cl)cc2)C(C(=O)N2CCNCC2)N1C(=O)N1CCOCC1. The predicted molar refractivity (Wildman–Crippen MR) is 165 cm³/mol. The summed E-state index contributed by atoms with van der Waals surface area (Å²) in [7, 11) is 1.73. The molecule has 3 saturated heterocycles. The number of morpholine rings is 1. The van der Waals surface area contributed by atoms with Gasteiger partial charge >= 0.3 is 6.03 Å². The third-order valence-corrected chi connectivity index (χ3v) is 10.2. The monoisotopic (exact) mass is 644 g/mol. The van der Waals surface area contributed by atoms with Gasteiger partial charge in [0.05, 0.1) is 35.7 Å². The average Bonchev–Trinajstić information content (AvgIpc) is 3.74. The number of halogens is 2. The van der Waals surface area contributed by atoms with E-state index in [2.05, 4.69) is 10.4 Å². The van der Waals surface area contributed by atoms with Crippen molar-refractivity contribution >= 4 is 52.3 Å². The van der Waals surface area contributed by atoms with Gasteiger partial charge in [0.2, 0.25) is 5.91 Å². The molecule has 3 aliphatic rings. The molecule has 4 unspecified atom stereocenters. The molecule has 3 aromatic rings. The molecule has 3 fully saturated rings. The number of rotatable bonds is 5. The van der Waals surface area contributed by atoms with Crippen LogP contribution in [0, 0.1) is 12.8 Å². The van der Waals surface area contributed by atoms with Crippen LogP contribution in [-0.4, -0.2) is 101 Å². The second-order valence-electron chi connectivity index (χ2n) is 11.1. The maximum absolute atomic E-state index is 14.7. The number of thiophene rings is 1. The highest BCUT2D eigenvalue weighted by atomic mass is 35.5. The normalized spacial score (nSPS) is 24.4. The summed E-state index contributed by atoms with van der Waals surface area (Å²) >= 11 is 14.6. The number of carbonyl (C=O) groups is 3. The van der Waals surface area contributed by atoms with E-state index in [-0.39, 0.29) is 17.7 Å². The van der Waals surface area contributed by atoms with Gasteiger partial charge in [-0.15, -0.1) is 11.3 Å². The first-order valence-corrected chi connectivity index (χ1v) is 16.1. The van der Waals surface area contributed by atoms with Crippen molar-refractivity contribution in [3.05, 3.63) is 73.7 Å². The molecular weight excluding hydrogens is 611 g/mol. The number of benzene rings is 1. The number of nitrogens with zero attached hydrogens (tertiary/aromatic N) is 5. The van der Waals surface area contributed by atoms with E-state index in [4.69, 9.17) is 27.9 Å². The number of ketones is 1. The molecule has 1 N–H and O–H groups in total. The standard InChI is InChI=1S/C30H34Cl2N6O4S/c1-18-22(28(32)35(2)34-18)25-24(27(39)21-4-3-17-43-21)23(19-5-7-20(31)8-6-19)26(29(40)36-11-9-33-10-12-36)38(25)30(41)37-13-15-42-16-14-37/h3-8,17,23-26,33H,9-16H2,1-2H3. The number of aromatic nitrogens is 2. The quantitative estimate of drug-likeness (QED) is 0.422. The summed E-state index contributed by atoms with van der Waals surface area (Å²) in [6.45, 7) is 5.68. The summed E-state index contributed by atoms with van der Waals surface area (Å²) in [4.78, 5) is 49.8. The smallest absolute Gasteiger partial charge is 0.321 e. The van der Waals surface area contributed by atoms with Crippen LogP contribution in [0.1, 0.15) is 38.5 Å². The molecule has 0 aliphatic carbocycles. The van der Waals surface area contributed by atoms with Crippen LogP contribution >= 0.6 is 34.5 Å². The molecular formula is C30H34Cl2N6O4S.